The Morgan fingerprint density at radius 1 is 1.41 bits per heavy atom. The molecule has 0 unspecified atom stereocenters. The van der Waals surface area contributed by atoms with Gasteiger partial charge in [-0.05, 0) is 19.1 Å². The molecule has 2 rings (SSSR count). The number of hydrogen-bond acceptors (Lipinski definition) is 4. The predicted molar refractivity (Wildman–Crippen MR) is 63.9 cm³/mol. The van der Waals surface area contributed by atoms with Crippen molar-refractivity contribution < 1.29 is 14.6 Å². The predicted octanol–water partition coefficient (Wildman–Crippen LogP) is 2.42. The Balaban J connectivity index is 2.52. The van der Waals surface area contributed by atoms with Crippen molar-refractivity contribution in [2.24, 2.45) is 0 Å². The highest BCUT2D eigenvalue weighted by Crippen LogP contribution is 2.28. The van der Waals surface area contributed by atoms with Gasteiger partial charge in [-0.25, -0.2) is 9.78 Å². The fraction of sp³-hybridized carbons (Fsp3) is 0.0769. The number of aromatic nitrogens is 1. The maximum atomic E-state index is 11.4. The Hall–Kier alpha value is -2.36. The number of fused-ring (bicyclic) bond motifs is 1. The molecule has 2 aromatic rings. The lowest BCUT2D eigenvalue weighted by Crippen LogP contribution is -2.08. The van der Waals surface area contributed by atoms with Crippen molar-refractivity contribution in [1.29, 1.82) is 0 Å². The standard InChI is InChI=1S/C13H11NO3/c1-8(2)13(16)17-11-7-12(15)14-10-6-4-3-5-9(10)11/h3-7H,1H2,2H3,(H,14,15). The van der Waals surface area contributed by atoms with Gasteiger partial charge in [-0.2, -0.15) is 0 Å². The number of benzene rings is 1. The number of para-hydroxylation sites is 1. The Bertz CT molecular complexity index is 605. The van der Waals surface area contributed by atoms with Crippen molar-refractivity contribution in [3.63, 3.8) is 0 Å². The molecule has 1 aromatic heterocycles. The van der Waals surface area contributed by atoms with Gasteiger partial charge in [-0.15, -0.1) is 0 Å². The second-order valence-corrected chi connectivity index (χ2v) is 3.67. The van der Waals surface area contributed by atoms with Crippen molar-refractivity contribution in [2.75, 3.05) is 0 Å². The third-order valence-corrected chi connectivity index (χ3v) is 2.22. The summed E-state index contributed by atoms with van der Waals surface area (Å²) in [7, 11) is 0. The number of pyridine rings is 1. The van der Waals surface area contributed by atoms with Gasteiger partial charge in [0.25, 0.3) is 0 Å². The van der Waals surface area contributed by atoms with E-state index >= 15 is 0 Å². The Labute approximate surface area is 98.2 Å². The smallest absolute Gasteiger partial charge is 0.338 e. The van der Waals surface area contributed by atoms with E-state index in [-0.39, 0.29) is 11.6 Å². The summed E-state index contributed by atoms with van der Waals surface area (Å²) in [5.41, 5.74) is 0.863. The van der Waals surface area contributed by atoms with Gasteiger partial charge in [-0.3, -0.25) is 0 Å². The molecule has 0 amide bonds. The number of carbonyl (C=O) groups excluding carboxylic acids is 1. The lowest BCUT2D eigenvalue weighted by molar-refractivity contribution is -0.129. The van der Waals surface area contributed by atoms with Gasteiger partial charge in [0.05, 0.1) is 5.52 Å². The number of ether oxygens (including phenoxy) is 1. The van der Waals surface area contributed by atoms with Crippen LogP contribution in [0.5, 0.6) is 11.6 Å². The first kappa shape index (κ1) is 11.1. The maximum absolute atomic E-state index is 11.4. The van der Waals surface area contributed by atoms with Crippen LogP contribution < -0.4 is 4.74 Å². The molecule has 0 aliphatic carbocycles. The van der Waals surface area contributed by atoms with Crippen molar-refractivity contribution in [2.45, 2.75) is 6.92 Å². The molecule has 1 aromatic carbocycles. The number of carbonyl (C=O) groups is 1. The molecule has 4 heteroatoms. The molecule has 0 spiro atoms. The van der Waals surface area contributed by atoms with Crippen LogP contribution in [0, 0.1) is 0 Å². The van der Waals surface area contributed by atoms with E-state index in [1.54, 1.807) is 31.2 Å². The number of hydrogen-bond donors (Lipinski definition) is 1. The van der Waals surface area contributed by atoms with Gasteiger partial charge in [0.15, 0.2) is 0 Å². The molecular formula is C13H11NO3. The molecular weight excluding hydrogens is 218 g/mol. The molecule has 86 valence electrons. The van der Waals surface area contributed by atoms with Crippen LogP contribution >= 0.6 is 0 Å². The fourth-order valence-corrected chi connectivity index (χ4v) is 1.40. The van der Waals surface area contributed by atoms with Gasteiger partial charge in [-0.1, -0.05) is 18.7 Å². The van der Waals surface area contributed by atoms with Crippen molar-refractivity contribution in [1.82, 2.24) is 4.98 Å². The van der Waals surface area contributed by atoms with Crippen molar-refractivity contribution in [3.8, 4) is 11.6 Å². The topological polar surface area (TPSA) is 59.4 Å². The van der Waals surface area contributed by atoms with Crippen LogP contribution in [0.15, 0.2) is 42.5 Å². The quantitative estimate of drug-likeness (QED) is 0.634. The SMILES string of the molecule is C=C(C)C(=O)Oc1cc(O)nc2ccccc12. The van der Waals surface area contributed by atoms with Gasteiger partial charge >= 0.3 is 5.97 Å². The Morgan fingerprint density at radius 3 is 2.82 bits per heavy atom. The molecule has 4 nitrogen and oxygen atoms in total. The average molecular weight is 229 g/mol. The van der Waals surface area contributed by atoms with E-state index in [4.69, 9.17) is 4.74 Å². The minimum absolute atomic E-state index is 0.187. The van der Waals surface area contributed by atoms with Gasteiger partial charge < -0.3 is 9.84 Å². The molecule has 0 fully saturated rings. The first-order chi connectivity index (χ1) is 8.08. The van der Waals surface area contributed by atoms with E-state index in [1.807, 2.05) is 0 Å². The molecule has 0 aliphatic rings. The largest absolute Gasteiger partial charge is 0.493 e. The monoisotopic (exact) mass is 229 g/mol. The van der Waals surface area contributed by atoms with Gasteiger partial charge in [0, 0.05) is 17.0 Å². The number of nitrogens with zero attached hydrogens (tertiary/aromatic N) is 1. The molecule has 0 saturated heterocycles. The molecule has 0 bridgehead atoms. The third kappa shape index (κ3) is 2.25. The van der Waals surface area contributed by atoms with E-state index in [0.29, 0.717) is 16.5 Å². The van der Waals surface area contributed by atoms with Gasteiger partial charge in [0.1, 0.15) is 5.75 Å². The first-order valence-electron chi connectivity index (χ1n) is 5.04. The molecule has 0 atom stereocenters. The van der Waals surface area contributed by atoms with E-state index in [9.17, 15) is 9.90 Å². The van der Waals surface area contributed by atoms with Crippen LogP contribution in [0.25, 0.3) is 10.9 Å². The summed E-state index contributed by atoms with van der Waals surface area (Å²) in [4.78, 5) is 15.4. The van der Waals surface area contributed by atoms with Gasteiger partial charge in [0.2, 0.25) is 5.88 Å². The molecule has 1 heterocycles. The normalized spacial score (nSPS) is 10.2. The molecule has 17 heavy (non-hydrogen) atoms. The Morgan fingerprint density at radius 2 is 2.12 bits per heavy atom. The molecule has 1 N–H and O–H groups in total. The lowest BCUT2D eigenvalue weighted by atomic mass is 10.2. The maximum Gasteiger partial charge on any atom is 0.338 e. The van der Waals surface area contributed by atoms with Crippen LogP contribution in [-0.4, -0.2) is 16.1 Å². The lowest BCUT2D eigenvalue weighted by Gasteiger charge is -2.07. The fourth-order valence-electron chi connectivity index (χ4n) is 1.40. The summed E-state index contributed by atoms with van der Waals surface area (Å²) in [6.07, 6.45) is 0. The molecule has 0 radical (unpaired) electrons. The van der Waals surface area contributed by atoms with Crippen LogP contribution in [0.4, 0.5) is 0 Å². The zero-order valence-electron chi connectivity index (χ0n) is 9.30. The van der Waals surface area contributed by atoms with Crippen molar-refractivity contribution >= 4 is 16.9 Å². The van der Waals surface area contributed by atoms with Crippen molar-refractivity contribution in [3.05, 3.63) is 42.5 Å². The van der Waals surface area contributed by atoms with E-state index in [2.05, 4.69) is 11.6 Å². The van der Waals surface area contributed by atoms with E-state index < -0.39 is 5.97 Å². The number of aromatic hydroxyl groups is 1. The zero-order chi connectivity index (χ0) is 12.4. The van der Waals surface area contributed by atoms with Crippen LogP contribution in [-0.2, 0) is 4.79 Å². The summed E-state index contributed by atoms with van der Waals surface area (Å²) in [5, 5.41) is 10.1. The summed E-state index contributed by atoms with van der Waals surface area (Å²) < 4.78 is 5.13. The van der Waals surface area contributed by atoms with E-state index in [1.165, 1.54) is 6.07 Å². The first-order valence-corrected chi connectivity index (χ1v) is 5.04. The highest BCUT2D eigenvalue weighted by atomic mass is 16.5. The summed E-state index contributed by atoms with van der Waals surface area (Å²) >= 11 is 0. The summed E-state index contributed by atoms with van der Waals surface area (Å²) in [6.45, 7) is 5.06. The summed E-state index contributed by atoms with van der Waals surface area (Å²) in [6, 6.07) is 8.40. The highest BCUT2D eigenvalue weighted by Gasteiger charge is 2.10. The number of rotatable bonds is 2. The minimum Gasteiger partial charge on any atom is -0.493 e. The molecule has 0 saturated carbocycles. The summed E-state index contributed by atoms with van der Waals surface area (Å²) in [5.74, 6) is -0.435. The zero-order valence-corrected chi connectivity index (χ0v) is 9.30. The molecule has 0 aliphatic heterocycles. The van der Waals surface area contributed by atoms with Crippen LogP contribution in [0.1, 0.15) is 6.92 Å². The highest BCUT2D eigenvalue weighted by molar-refractivity contribution is 5.93. The van der Waals surface area contributed by atoms with E-state index in [0.717, 1.165) is 0 Å². The van der Waals surface area contributed by atoms with Crippen LogP contribution in [0.2, 0.25) is 0 Å². The second-order valence-electron chi connectivity index (χ2n) is 3.67. The average Bonchev–Trinajstić information content (AvgIpc) is 2.28. The number of esters is 1. The Kier molecular flexibility index (Phi) is 2.78. The van der Waals surface area contributed by atoms with Crippen LogP contribution in [0.3, 0.4) is 0 Å². The minimum atomic E-state index is -0.527. The second kappa shape index (κ2) is 4.25. The third-order valence-electron chi connectivity index (χ3n) is 2.22.